The lowest BCUT2D eigenvalue weighted by molar-refractivity contribution is -0.0845. The Morgan fingerprint density at radius 2 is 2.28 bits per heavy atom. The molecule has 1 aromatic heterocycles. The van der Waals surface area contributed by atoms with E-state index in [0.29, 0.717) is 12.1 Å². The average molecular weight is 265 g/mol. The summed E-state index contributed by atoms with van der Waals surface area (Å²) >= 11 is 1.85. The molecule has 3 rings (SSSR count). The predicted octanol–water partition coefficient (Wildman–Crippen LogP) is 3.89. The summed E-state index contributed by atoms with van der Waals surface area (Å²) in [5.74, 6) is 0. The topological polar surface area (TPSA) is 21.3 Å². The summed E-state index contributed by atoms with van der Waals surface area (Å²) in [6.07, 6.45) is 7.64. The molecule has 1 saturated carbocycles. The van der Waals surface area contributed by atoms with E-state index < -0.39 is 0 Å². The van der Waals surface area contributed by atoms with Crippen LogP contribution in [0.3, 0.4) is 0 Å². The SMILES string of the molecule is C[C@@H](NC1CCOC2(CCCC2)C1)c1cccs1. The number of ether oxygens (including phenoxy) is 1. The quantitative estimate of drug-likeness (QED) is 0.895. The molecule has 2 heterocycles. The lowest BCUT2D eigenvalue weighted by atomic mass is 9.88. The van der Waals surface area contributed by atoms with Crippen LogP contribution in [0.5, 0.6) is 0 Å². The Labute approximate surface area is 114 Å². The molecular weight excluding hydrogens is 242 g/mol. The van der Waals surface area contributed by atoms with E-state index in [4.69, 9.17) is 4.74 Å². The Balaban J connectivity index is 1.59. The van der Waals surface area contributed by atoms with Gasteiger partial charge in [-0.05, 0) is 44.1 Å². The van der Waals surface area contributed by atoms with Gasteiger partial charge in [-0.2, -0.15) is 0 Å². The molecule has 0 bridgehead atoms. The molecule has 2 atom stereocenters. The molecule has 2 aliphatic rings. The maximum absolute atomic E-state index is 6.09. The van der Waals surface area contributed by atoms with Crippen molar-refractivity contribution in [2.45, 2.75) is 63.1 Å². The molecule has 1 unspecified atom stereocenters. The Hall–Kier alpha value is -0.380. The zero-order chi connectivity index (χ0) is 12.4. The first-order valence-corrected chi connectivity index (χ1v) is 8.09. The molecule has 100 valence electrons. The molecule has 1 aromatic rings. The highest BCUT2D eigenvalue weighted by molar-refractivity contribution is 7.10. The molecule has 0 aromatic carbocycles. The van der Waals surface area contributed by atoms with Crippen LogP contribution in [-0.2, 0) is 4.74 Å². The summed E-state index contributed by atoms with van der Waals surface area (Å²) in [5, 5.41) is 5.97. The maximum atomic E-state index is 6.09. The van der Waals surface area contributed by atoms with Crippen LogP contribution in [0.25, 0.3) is 0 Å². The normalized spacial score (nSPS) is 28.6. The van der Waals surface area contributed by atoms with Crippen molar-refractivity contribution in [2.75, 3.05) is 6.61 Å². The Bertz CT molecular complexity index is 370. The molecule has 1 aliphatic carbocycles. The Morgan fingerprint density at radius 3 is 3.00 bits per heavy atom. The molecule has 2 fully saturated rings. The van der Waals surface area contributed by atoms with Crippen molar-refractivity contribution >= 4 is 11.3 Å². The zero-order valence-corrected chi connectivity index (χ0v) is 12.0. The van der Waals surface area contributed by atoms with Crippen molar-refractivity contribution < 1.29 is 4.74 Å². The van der Waals surface area contributed by atoms with Crippen molar-refractivity contribution in [1.29, 1.82) is 0 Å². The lowest BCUT2D eigenvalue weighted by Crippen LogP contribution is -2.46. The summed E-state index contributed by atoms with van der Waals surface area (Å²) in [5.41, 5.74) is 0.227. The van der Waals surface area contributed by atoms with Crippen LogP contribution in [0, 0.1) is 0 Å². The van der Waals surface area contributed by atoms with Gasteiger partial charge in [0.2, 0.25) is 0 Å². The first-order chi connectivity index (χ1) is 8.77. The fourth-order valence-electron chi connectivity index (χ4n) is 3.51. The van der Waals surface area contributed by atoms with E-state index in [0.717, 1.165) is 13.0 Å². The minimum Gasteiger partial charge on any atom is -0.375 e. The van der Waals surface area contributed by atoms with Gasteiger partial charge in [-0.25, -0.2) is 0 Å². The third-order valence-electron chi connectivity index (χ3n) is 4.46. The van der Waals surface area contributed by atoms with Crippen molar-refractivity contribution in [3.63, 3.8) is 0 Å². The van der Waals surface area contributed by atoms with Crippen LogP contribution in [0.1, 0.15) is 56.4 Å². The summed E-state index contributed by atoms with van der Waals surface area (Å²) < 4.78 is 6.09. The number of hydrogen-bond donors (Lipinski definition) is 1. The van der Waals surface area contributed by atoms with E-state index >= 15 is 0 Å². The molecular formula is C15H23NOS. The number of rotatable bonds is 3. The van der Waals surface area contributed by atoms with Crippen LogP contribution < -0.4 is 5.32 Å². The van der Waals surface area contributed by atoms with Gasteiger partial charge >= 0.3 is 0 Å². The molecule has 2 nitrogen and oxygen atoms in total. The lowest BCUT2D eigenvalue weighted by Gasteiger charge is -2.39. The standard InChI is InChI=1S/C15H23NOS/c1-12(14-5-4-10-18-14)16-13-6-9-17-15(11-13)7-2-3-8-15/h4-5,10,12-13,16H,2-3,6-9,11H2,1H3/t12-,13?/m1/s1. The van der Waals surface area contributed by atoms with Crippen LogP contribution in [0.15, 0.2) is 17.5 Å². The first kappa shape index (κ1) is 12.6. The highest BCUT2D eigenvalue weighted by atomic mass is 32.1. The van der Waals surface area contributed by atoms with E-state index in [-0.39, 0.29) is 5.60 Å². The van der Waals surface area contributed by atoms with Crippen molar-refractivity contribution in [3.8, 4) is 0 Å². The van der Waals surface area contributed by atoms with Gasteiger partial charge in [0.05, 0.1) is 5.60 Å². The third kappa shape index (κ3) is 2.63. The molecule has 0 amide bonds. The van der Waals surface area contributed by atoms with Crippen LogP contribution in [-0.4, -0.2) is 18.2 Å². The smallest absolute Gasteiger partial charge is 0.0697 e. The Kier molecular flexibility index (Phi) is 3.73. The highest BCUT2D eigenvalue weighted by Gasteiger charge is 2.40. The van der Waals surface area contributed by atoms with Crippen LogP contribution in [0.2, 0.25) is 0 Å². The second-order valence-corrected chi connectivity index (χ2v) is 6.81. The van der Waals surface area contributed by atoms with Gasteiger partial charge in [0, 0.05) is 23.6 Å². The third-order valence-corrected chi connectivity index (χ3v) is 5.52. The minimum absolute atomic E-state index is 0.227. The molecule has 1 saturated heterocycles. The molecule has 3 heteroatoms. The number of hydrogen-bond acceptors (Lipinski definition) is 3. The number of nitrogens with one attached hydrogen (secondary N) is 1. The van der Waals surface area contributed by atoms with Gasteiger partial charge in [-0.3, -0.25) is 0 Å². The Morgan fingerprint density at radius 1 is 1.44 bits per heavy atom. The average Bonchev–Trinajstić information content (AvgIpc) is 3.01. The fraction of sp³-hybridized carbons (Fsp3) is 0.733. The second-order valence-electron chi connectivity index (χ2n) is 5.83. The van der Waals surface area contributed by atoms with Gasteiger partial charge < -0.3 is 10.1 Å². The van der Waals surface area contributed by atoms with Gasteiger partial charge in [0.1, 0.15) is 0 Å². The van der Waals surface area contributed by atoms with Crippen LogP contribution >= 0.6 is 11.3 Å². The van der Waals surface area contributed by atoms with Crippen molar-refractivity contribution in [2.24, 2.45) is 0 Å². The predicted molar refractivity (Wildman–Crippen MR) is 76.0 cm³/mol. The molecule has 1 N–H and O–H groups in total. The van der Waals surface area contributed by atoms with Crippen molar-refractivity contribution in [3.05, 3.63) is 22.4 Å². The van der Waals surface area contributed by atoms with Crippen molar-refractivity contribution in [1.82, 2.24) is 5.32 Å². The second kappa shape index (κ2) is 5.32. The van der Waals surface area contributed by atoms with Gasteiger partial charge in [-0.15, -0.1) is 11.3 Å². The summed E-state index contributed by atoms with van der Waals surface area (Å²) in [6.45, 7) is 3.22. The van der Waals surface area contributed by atoms with Crippen LogP contribution in [0.4, 0.5) is 0 Å². The minimum atomic E-state index is 0.227. The fourth-order valence-corrected chi connectivity index (χ4v) is 4.25. The zero-order valence-electron chi connectivity index (χ0n) is 11.2. The number of thiophene rings is 1. The largest absolute Gasteiger partial charge is 0.375 e. The van der Waals surface area contributed by atoms with E-state index in [2.05, 4.69) is 29.8 Å². The van der Waals surface area contributed by atoms with Gasteiger partial charge in [-0.1, -0.05) is 18.9 Å². The molecule has 18 heavy (non-hydrogen) atoms. The summed E-state index contributed by atoms with van der Waals surface area (Å²) in [7, 11) is 0. The monoisotopic (exact) mass is 265 g/mol. The van der Waals surface area contributed by atoms with E-state index in [9.17, 15) is 0 Å². The molecule has 1 aliphatic heterocycles. The van der Waals surface area contributed by atoms with E-state index in [1.807, 2.05) is 11.3 Å². The van der Waals surface area contributed by atoms with E-state index in [1.165, 1.54) is 37.0 Å². The summed E-state index contributed by atoms with van der Waals surface area (Å²) in [4.78, 5) is 1.45. The first-order valence-electron chi connectivity index (χ1n) is 7.21. The molecule has 0 radical (unpaired) electrons. The van der Waals surface area contributed by atoms with Gasteiger partial charge in [0.25, 0.3) is 0 Å². The summed E-state index contributed by atoms with van der Waals surface area (Å²) in [6, 6.07) is 5.48. The maximum Gasteiger partial charge on any atom is 0.0697 e. The molecule has 1 spiro atoms. The van der Waals surface area contributed by atoms with Gasteiger partial charge in [0.15, 0.2) is 0 Å². The highest BCUT2D eigenvalue weighted by Crippen LogP contribution is 2.40. The van der Waals surface area contributed by atoms with E-state index in [1.54, 1.807) is 0 Å².